The normalized spacial score (nSPS) is 12.7. The molecule has 0 saturated heterocycles. The average molecular weight is 1070 g/mol. The SMILES string of the molecule is CCCCCCC/C=C\CCCCCCCC(=O)OCCCCCCCCCCC/C=C\C/C=C\CCCCCCCCCCCC(=O)NC(CO)C(O)CCCCCCCCCCCCCCCCCCCCCC. The predicted molar refractivity (Wildman–Crippen MR) is 333 cm³/mol. The first-order valence-corrected chi connectivity index (χ1v) is 34.2. The fourth-order valence-corrected chi connectivity index (χ4v) is 10.7. The largest absolute Gasteiger partial charge is 0.466 e. The van der Waals surface area contributed by atoms with E-state index in [1.54, 1.807) is 0 Å². The van der Waals surface area contributed by atoms with Crippen molar-refractivity contribution < 1.29 is 24.5 Å². The lowest BCUT2D eigenvalue weighted by Crippen LogP contribution is -2.45. The van der Waals surface area contributed by atoms with E-state index in [9.17, 15) is 19.8 Å². The van der Waals surface area contributed by atoms with Crippen LogP contribution in [0.2, 0.25) is 0 Å². The third-order valence-corrected chi connectivity index (χ3v) is 15.9. The van der Waals surface area contributed by atoms with Crippen LogP contribution in [0.4, 0.5) is 0 Å². The Balaban J connectivity index is 3.44. The molecular weight excluding hydrogens is 935 g/mol. The minimum atomic E-state index is -0.670. The Kier molecular flexibility index (Phi) is 63.9. The van der Waals surface area contributed by atoms with Crippen LogP contribution in [0.25, 0.3) is 0 Å². The fourth-order valence-electron chi connectivity index (χ4n) is 10.7. The number of aliphatic hydroxyl groups excluding tert-OH is 2. The number of rotatable bonds is 64. The molecule has 0 fully saturated rings. The van der Waals surface area contributed by atoms with Crippen molar-refractivity contribution in [1.82, 2.24) is 5.32 Å². The number of amides is 1. The second kappa shape index (κ2) is 65.6. The summed E-state index contributed by atoms with van der Waals surface area (Å²) in [7, 11) is 0. The molecule has 2 unspecified atom stereocenters. The Morgan fingerprint density at radius 3 is 1.01 bits per heavy atom. The van der Waals surface area contributed by atoms with Gasteiger partial charge in [-0.2, -0.15) is 0 Å². The van der Waals surface area contributed by atoms with Crippen LogP contribution in [0.15, 0.2) is 36.5 Å². The molecule has 6 nitrogen and oxygen atoms in total. The molecule has 0 aromatic carbocycles. The number of hydrogen-bond acceptors (Lipinski definition) is 5. The molecule has 3 N–H and O–H groups in total. The standard InChI is InChI=1S/C70H133NO5/c1-3-5-7-9-11-13-15-17-19-20-21-29-32-35-38-42-46-50-54-58-62-68(73)67(66-72)71-69(74)63-59-55-51-47-43-39-36-33-30-27-25-23-22-24-26-28-31-34-37-41-45-49-53-57-61-65-76-70(75)64-60-56-52-48-44-40-18-16-14-12-10-8-6-4-2/h16,18,23-26,67-68,72-73H,3-15,17,19-22,27-66H2,1-2H3,(H,71,74)/b18-16-,25-23-,26-24-. The summed E-state index contributed by atoms with van der Waals surface area (Å²) in [5.41, 5.74) is 0. The third kappa shape index (κ3) is 61.3. The molecule has 6 heteroatoms. The summed E-state index contributed by atoms with van der Waals surface area (Å²) in [5.74, 6) is -0.0370. The lowest BCUT2D eigenvalue weighted by atomic mass is 10.0. The van der Waals surface area contributed by atoms with Crippen LogP contribution in [0.5, 0.6) is 0 Å². The first-order valence-electron chi connectivity index (χ1n) is 34.2. The van der Waals surface area contributed by atoms with Crippen molar-refractivity contribution in [2.75, 3.05) is 13.2 Å². The van der Waals surface area contributed by atoms with Gasteiger partial charge in [0, 0.05) is 12.8 Å². The van der Waals surface area contributed by atoms with Crippen molar-refractivity contribution >= 4 is 11.9 Å². The van der Waals surface area contributed by atoms with E-state index in [2.05, 4.69) is 55.6 Å². The molecule has 1 amide bonds. The Morgan fingerprint density at radius 1 is 0.368 bits per heavy atom. The van der Waals surface area contributed by atoms with Crippen LogP contribution >= 0.6 is 0 Å². The van der Waals surface area contributed by atoms with Crippen molar-refractivity contribution in [1.29, 1.82) is 0 Å². The third-order valence-electron chi connectivity index (χ3n) is 15.9. The summed E-state index contributed by atoms with van der Waals surface area (Å²) in [5, 5.41) is 23.4. The Hall–Kier alpha value is -1.92. The molecule has 76 heavy (non-hydrogen) atoms. The lowest BCUT2D eigenvalue weighted by molar-refractivity contribution is -0.143. The molecule has 0 rings (SSSR count). The van der Waals surface area contributed by atoms with Crippen LogP contribution in [-0.4, -0.2) is 47.4 Å². The van der Waals surface area contributed by atoms with E-state index in [1.165, 1.54) is 289 Å². The number of unbranched alkanes of at least 4 members (excludes halogenated alkanes) is 47. The highest BCUT2D eigenvalue weighted by Crippen LogP contribution is 2.18. The van der Waals surface area contributed by atoms with Gasteiger partial charge in [-0.3, -0.25) is 9.59 Å². The van der Waals surface area contributed by atoms with E-state index in [1.807, 2.05) is 0 Å². The van der Waals surface area contributed by atoms with Gasteiger partial charge in [-0.25, -0.2) is 0 Å². The maximum atomic E-state index is 12.5. The van der Waals surface area contributed by atoms with Crippen LogP contribution < -0.4 is 5.32 Å². The molecule has 0 aliphatic rings. The highest BCUT2D eigenvalue weighted by molar-refractivity contribution is 5.76. The molecule has 0 spiro atoms. The number of allylic oxidation sites excluding steroid dienone is 6. The summed E-state index contributed by atoms with van der Waals surface area (Å²) in [6.07, 6.45) is 83.2. The summed E-state index contributed by atoms with van der Waals surface area (Å²) in [6, 6.07) is -0.547. The van der Waals surface area contributed by atoms with Gasteiger partial charge in [-0.05, 0) is 83.5 Å². The number of nitrogens with one attached hydrogen (secondary N) is 1. The maximum Gasteiger partial charge on any atom is 0.305 e. The molecule has 0 bridgehead atoms. The van der Waals surface area contributed by atoms with E-state index in [0.29, 0.717) is 25.9 Å². The lowest BCUT2D eigenvalue weighted by Gasteiger charge is -2.22. The van der Waals surface area contributed by atoms with Crippen molar-refractivity contribution in [3.63, 3.8) is 0 Å². The molecule has 0 aromatic rings. The highest BCUT2D eigenvalue weighted by atomic mass is 16.5. The molecule has 2 atom stereocenters. The molecular formula is C70H133NO5. The predicted octanol–water partition coefficient (Wildman–Crippen LogP) is 21.9. The minimum absolute atomic E-state index is 0.000869. The van der Waals surface area contributed by atoms with Gasteiger partial charge < -0.3 is 20.3 Å². The Labute approximate surface area is 474 Å². The van der Waals surface area contributed by atoms with Gasteiger partial charge in [0.15, 0.2) is 0 Å². The van der Waals surface area contributed by atoms with Crippen molar-refractivity contribution in [3.8, 4) is 0 Å². The summed E-state index contributed by atoms with van der Waals surface area (Å²) >= 11 is 0. The molecule has 0 heterocycles. The topological polar surface area (TPSA) is 95.9 Å². The molecule has 448 valence electrons. The van der Waals surface area contributed by atoms with E-state index < -0.39 is 12.1 Å². The van der Waals surface area contributed by atoms with Gasteiger partial charge in [0.25, 0.3) is 0 Å². The summed E-state index contributed by atoms with van der Waals surface area (Å²) in [6.45, 7) is 4.96. The Bertz CT molecular complexity index is 1230. The van der Waals surface area contributed by atoms with Gasteiger partial charge >= 0.3 is 5.97 Å². The zero-order chi connectivity index (χ0) is 55.0. The van der Waals surface area contributed by atoms with Gasteiger partial charge in [0.05, 0.1) is 25.4 Å². The van der Waals surface area contributed by atoms with E-state index in [0.717, 1.165) is 51.4 Å². The van der Waals surface area contributed by atoms with Crippen LogP contribution in [0.1, 0.15) is 373 Å². The van der Waals surface area contributed by atoms with Gasteiger partial charge in [0.2, 0.25) is 5.91 Å². The number of hydrogen-bond donors (Lipinski definition) is 3. The van der Waals surface area contributed by atoms with Crippen molar-refractivity contribution in [2.24, 2.45) is 0 Å². The van der Waals surface area contributed by atoms with E-state index in [4.69, 9.17) is 4.74 Å². The zero-order valence-electron chi connectivity index (χ0n) is 51.3. The van der Waals surface area contributed by atoms with E-state index in [-0.39, 0.29) is 18.5 Å². The van der Waals surface area contributed by atoms with Gasteiger partial charge in [0.1, 0.15) is 0 Å². The quantitative estimate of drug-likeness (QED) is 0.0320. The van der Waals surface area contributed by atoms with Crippen LogP contribution in [-0.2, 0) is 14.3 Å². The maximum absolute atomic E-state index is 12.5. The fraction of sp³-hybridized carbons (Fsp3) is 0.886. The molecule has 0 aliphatic heterocycles. The summed E-state index contributed by atoms with van der Waals surface area (Å²) < 4.78 is 5.48. The van der Waals surface area contributed by atoms with Gasteiger partial charge in [-0.15, -0.1) is 0 Å². The van der Waals surface area contributed by atoms with Gasteiger partial charge in [-0.1, -0.05) is 314 Å². The molecule has 0 aliphatic carbocycles. The molecule has 0 saturated carbocycles. The first-order chi connectivity index (χ1) is 37.5. The Morgan fingerprint density at radius 2 is 0.658 bits per heavy atom. The number of carbonyl (C=O) groups excluding carboxylic acids is 2. The smallest absolute Gasteiger partial charge is 0.305 e. The van der Waals surface area contributed by atoms with Crippen molar-refractivity contribution in [2.45, 2.75) is 386 Å². The minimum Gasteiger partial charge on any atom is -0.466 e. The highest BCUT2D eigenvalue weighted by Gasteiger charge is 2.20. The number of carbonyl (C=O) groups is 2. The number of aliphatic hydroxyl groups is 2. The first kappa shape index (κ1) is 74.1. The van der Waals surface area contributed by atoms with Crippen molar-refractivity contribution in [3.05, 3.63) is 36.5 Å². The number of ether oxygens (including phenoxy) is 1. The van der Waals surface area contributed by atoms with Crippen LogP contribution in [0, 0.1) is 0 Å². The average Bonchev–Trinajstić information content (AvgIpc) is 3.42. The monoisotopic (exact) mass is 1070 g/mol. The molecule has 0 radical (unpaired) electrons. The molecule has 0 aromatic heterocycles. The summed E-state index contributed by atoms with van der Waals surface area (Å²) in [4.78, 5) is 24.6. The van der Waals surface area contributed by atoms with Crippen LogP contribution in [0.3, 0.4) is 0 Å². The number of esters is 1. The van der Waals surface area contributed by atoms with E-state index >= 15 is 0 Å². The zero-order valence-corrected chi connectivity index (χ0v) is 51.3. The second-order valence-electron chi connectivity index (χ2n) is 23.5. The second-order valence-corrected chi connectivity index (χ2v) is 23.5.